The highest BCUT2D eigenvalue weighted by Gasteiger charge is 2.21. The van der Waals surface area contributed by atoms with Crippen LogP contribution in [0.5, 0.6) is 5.88 Å². The summed E-state index contributed by atoms with van der Waals surface area (Å²) in [6, 6.07) is 5.44. The summed E-state index contributed by atoms with van der Waals surface area (Å²) in [7, 11) is 0. The van der Waals surface area contributed by atoms with E-state index in [1.807, 2.05) is 26.0 Å². The summed E-state index contributed by atoms with van der Waals surface area (Å²) in [6.07, 6.45) is 3.30. The fourth-order valence-corrected chi connectivity index (χ4v) is 3.08. The van der Waals surface area contributed by atoms with E-state index in [0.717, 1.165) is 16.5 Å². The number of hydrogen-bond donors (Lipinski definition) is 1. The molecule has 0 radical (unpaired) electrons. The minimum absolute atomic E-state index is 0.0123. The lowest BCUT2D eigenvalue weighted by atomic mass is 10.1. The number of morpholine rings is 1. The second-order valence-corrected chi connectivity index (χ2v) is 6.61. The van der Waals surface area contributed by atoms with Crippen LogP contribution in [0.2, 0.25) is 0 Å². The van der Waals surface area contributed by atoms with Crippen LogP contribution in [0.25, 0.3) is 22.2 Å². The summed E-state index contributed by atoms with van der Waals surface area (Å²) in [6.45, 7) is 6.16. The van der Waals surface area contributed by atoms with E-state index in [-0.39, 0.29) is 12.0 Å². The van der Waals surface area contributed by atoms with Crippen LogP contribution in [0.15, 0.2) is 30.6 Å². The van der Waals surface area contributed by atoms with E-state index in [0.29, 0.717) is 43.6 Å². The van der Waals surface area contributed by atoms with Gasteiger partial charge in [0.1, 0.15) is 11.4 Å². The largest absolute Gasteiger partial charge is 0.474 e. The van der Waals surface area contributed by atoms with Crippen molar-refractivity contribution in [2.75, 3.05) is 26.3 Å². The third-order valence-electron chi connectivity index (χ3n) is 4.34. The van der Waals surface area contributed by atoms with Crippen LogP contribution in [-0.4, -0.2) is 63.4 Å². The van der Waals surface area contributed by atoms with Crippen molar-refractivity contribution in [2.45, 2.75) is 20.0 Å². The molecule has 0 bridgehead atoms. The Morgan fingerprint density at radius 3 is 2.78 bits per heavy atom. The lowest BCUT2D eigenvalue weighted by molar-refractivity contribution is 0.0299. The van der Waals surface area contributed by atoms with Gasteiger partial charge in [0.15, 0.2) is 0 Å². The average Bonchev–Trinajstić information content (AvgIpc) is 3.13. The summed E-state index contributed by atoms with van der Waals surface area (Å²) in [5.41, 5.74) is 2.69. The van der Waals surface area contributed by atoms with Crippen LogP contribution in [-0.2, 0) is 4.74 Å². The molecule has 0 aromatic carbocycles. The summed E-state index contributed by atoms with van der Waals surface area (Å²) in [5.74, 6) is 0.417. The molecule has 3 aromatic heterocycles. The van der Waals surface area contributed by atoms with Gasteiger partial charge in [-0.1, -0.05) is 0 Å². The molecule has 8 heteroatoms. The minimum Gasteiger partial charge on any atom is -0.474 e. The molecule has 1 aliphatic heterocycles. The molecule has 1 amide bonds. The van der Waals surface area contributed by atoms with Crippen molar-refractivity contribution >= 4 is 16.8 Å². The third kappa shape index (κ3) is 3.48. The molecule has 1 fully saturated rings. The molecular formula is C19H21N5O3. The van der Waals surface area contributed by atoms with Crippen molar-refractivity contribution in [1.82, 2.24) is 25.1 Å². The number of pyridine rings is 2. The molecule has 0 atom stereocenters. The summed E-state index contributed by atoms with van der Waals surface area (Å²) >= 11 is 0. The summed E-state index contributed by atoms with van der Waals surface area (Å²) in [5, 5.41) is 8.23. The van der Waals surface area contributed by atoms with Gasteiger partial charge < -0.3 is 14.4 Å². The molecule has 0 spiro atoms. The van der Waals surface area contributed by atoms with E-state index >= 15 is 0 Å². The average molecular weight is 367 g/mol. The number of nitrogens with zero attached hydrogens (tertiary/aromatic N) is 4. The van der Waals surface area contributed by atoms with Crippen molar-refractivity contribution in [3.05, 3.63) is 36.3 Å². The Balaban J connectivity index is 1.73. The highest BCUT2D eigenvalue weighted by Crippen LogP contribution is 2.32. The molecule has 0 saturated carbocycles. The normalized spacial score (nSPS) is 14.7. The Bertz CT molecular complexity index is 963. The van der Waals surface area contributed by atoms with Crippen LogP contribution in [0, 0.1) is 0 Å². The Morgan fingerprint density at radius 2 is 2.00 bits per heavy atom. The standard InChI is InChI=1S/C19H21N5O3/c1-12(2)27-18-16-14(4-6-21-18)22-23-17(16)13-3-5-20-15(11-13)19(25)24-7-9-26-10-8-24/h3-6,11-12H,7-10H2,1-2H3,(H,22,23). The molecule has 8 nitrogen and oxygen atoms in total. The molecular weight excluding hydrogens is 346 g/mol. The molecule has 4 rings (SSSR count). The van der Waals surface area contributed by atoms with E-state index in [2.05, 4.69) is 20.2 Å². The first-order chi connectivity index (χ1) is 13.1. The van der Waals surface area contributed by atoms with Crippen LogP contribution < -0.4 is 4.74 Å². The molecule has 27 heavy (non-hydrogen) atoms. The van der Waals surface area contributed by atoms with Crippen LogP contribution in [0.1, 0.15) is 24.3 Å². The highest BCUT2D eigenvalue weighted by molar-refractivity contribution is 5.98. The number of hydrogen-bond acceptors (Lipinski definition) is 6. The van der Waals surface area contributed by atoms with E-state index in [1.54, 1.807) is 23.4 Å². The third-order valence-corrected chi connectivity index (χ3v) is 4.34. The molecule has 0 aliphatic carbocycles. The smallest absolute Gasteiger partial charge is 0.272 e. The van der Waals surface area contributed by atoms with Gasteiger partial charge in [-0.05, 0) is 32.0 Å². The number of nitrogens with one attached hydrogen (secondary N) is 1. The number of aromatic amines is 1. The monoisotopic (exact) mass is 367 g/mol. The Labute approximate surface area is 156 Å². The molecule has 3 aromatic rings. The lowest BCUT2D eigenvalue weighted by Gasteiger charge is -2.26. The highest BCUT2D eigenvalue weighted by atomic mass is 16.5. The lowest BCUT2D eigenvalue weighted by Crippen LogP contribution is -2.41. The summed E-state index contributed by atoms with van der Waals surface area (Å²) in [4.78, 5) is 23.1. The van der Waals surface area contributed by atoms with Gasteiger partial charge in [0.25, 0.3) is 5.91 Å². The first kappa shape index (κ1) is 17.4. The van der Waals surface area contributed by atoms with E-state index in [1.165, 1.54) is 0 Å². The van der Waals surface area contributed by atoms with Gasteiger partial charge in [-0.25, -0.2) is 4.98 Å². The quantitative estimate of drug-likeness (QED) is 0.760. The fourth-order valence-electron chi connectivity index (χ4n) is 3.08. The topological polar surface area (TPSA) is 93.2 Å². The summed E-state index contributed by atoms with van der Waals surface area (Å²) < 4.78 is 11.2. The van der Waals surface area contributed by atoms with Crippen LogP contribution in [0.3, 0.4) is 0 Å². The van der Waals surface area contributed by atoms with Crippen molar-refractivity contribution in [3.8, 4) is 17.1 Å². The molecule has 1 N–H and O–H groups in total. The SMILES string of the molecule is CC(C)Oc1nccc2[nH]nc(-c3ccnc(C(=O)N4CCOCC4)c3)c12. The van der Waals surface area contributed by atoms with Crippen molar-refractivity contribution in [3.63, 3.8) is 0 Å². The predicted molar refractivity (Wildman–Crippen MR) is 99.6 cm³/mol. The molecule has 1 saturated heterocycles. The zero-order valence-electron chi connectivity index (χ0n) is 15.3. The maximum atomic E-state index is 12.7. The minimum atomic E-state index is -0.100. The Kier molecular flexibility index (Phi) is 4.72. The number of ether oxygens (including phenoxy) is 2. The maximum Gasteiger partial charge on any atom is 0.272 e. The number of amides is 1. The second-order valence-electron chi connectivity index (χ2n) is 6.61. The van der Waals surface area contributed by atoms with E-state index in [9.17, 15) is 4.79 Å². The van der Waals surface area contributed by atoms with Crippen molar-refractivity contribution < 1.29 is 14.3 Å². The number of aromatic nitrogens is 4. The predicted octanol–water partition coefficient (Wildman–Crippen LogP) is 2.28. The molecule has 1 aliphatic rings. The number of carbonyl (C=O) groups excluding carboxylic acids is 1. The van der Waals surface area contributed by atoms with E-state index in [4.69, 9.17) is 9.47 Å². The van der Waals surface area contributed by atoms with Gasteiger partial charge in [0.05, 0.1) is 30.2 Å². The van der Waals surface area contributed by atoms with Gasteiger partial charge in [-0.2, -0.15) is 5.10 Å². The Morgan fingerprint density at radius 1 is 1.22 bits per heavy atom. The van der Waals surface area contributed by atoms with Gasteiger partial charge in [0.2, 0.25) is 5.88 Å². The van der Waals surface area contributed by atoms with Gasteiger partial charge in [0, 0.05) is 31.0 Å². The van der Waals surface area contributed by atoms with Gasteiger partial charge in [-0.3, -0.25) is 14.9 Å². The number of carbonyl (C=O) groups is 1. The van der Waals surface area contributed by atoms with Crippen molar-refractivity contribution in [1.29, 1.82) is 0 Å². The molecule has 140 valence electrons. The molecule has 4 heterocycles. The van der Waals surface area contributed by atoms with Crippen LogP contribution >= 0.6 is 0 Å². The molecule has 0 unspecified atom stereocenters. The first-order valence-electron chi connectivity index (χ1n) is 8.96. The fraction of sp³-hybridized carbons (Fsp3) is 0.368. The Hall–Kier alpha value is -3.00. The zero-order valence-corrected chi connectivity index (χ0v) is 15.3. The zero-order chi connectivity index (χ0) is 18.8. The van der Waals surface area contributed by atoms with Crippen molar-refractivity contribution in [2.24, 2.45) is 0 Å². The second kappa shape index (κ2) is 7.32. The number of rotatable bonds is 4. The number of fused-ring (bicyclic) bond motifs is 1. The van der Waals surface area contributed by atoms with Crippen LogP contribution in [0.4, 0.5) is 0 Å². The number of H-pyrrole nitrogens is 1. The van der Waals surface area contributed by atoms with E-state index < -0.39 is 0 Å². The van der Waals surface area contributed by atoms with Gasteiger partial charge in [-0.15, -0.1) is 0 Å². The maximum absolute atomic E-state index is 12.7. The van der Waals surface area contributed by atoms with Gasteiger partial charge >= 0.3 is 0 Å². The first-order valence-corrected chi connectivity index (χ1v) is 8.96.